The Labute approximate surface area is 117 Å². The number of amides is 1. The molecule has 3 nitrogen and oxygen atoms in total. The predicted octanol–water partition coefficient (Wildman–Crippen LogP) is 3.52. The zero-order valence-corrected chi connectivity index (χ0v) is 12.7. The van der Waals surface area contributed by atoms with Gasteiger partial charge in [0.05, 0.1) is 0 Å². The number of carbonyl (C=O) groups excluding carboxylic acids is 1. The second-order valence-electron chi connectivity index (χ2n) is 4.41. The summed E-state index contributed by atoms with van der Waals surface area (Å²) in [7, 11) is 0. The maximum atomic E-state index is 11.9. The van der Waals surface area contributed by atoms with Crippen molar-refractivity contribution < 1.29 is 9.53 Å². The maximum absolute atomic E-state index is 11.9. The Morgan fingerprint density at radius 1 is 1.33 bits per heavy atom. The molecule has 0 heterocycles. The van der Waals surface area contributed by atoms with Crippen LogP contribution in [-0.4, -0.2) is 18.1 Å². The quantitative estimate of drug-likeness (QED) is 0.872. The van der Waals surface area contributed by atoms with Gasteiger partial charge in [0.2, 0.25) is 0 Å². The molecule has 0 saturated carbocycles. The molecule has 1 aromatic rings. The number of halogens is 1. The van der Waals surface area contributed by atoms with Gasteiger partial charge in [0.1, 0.15) is 5.75 Å². The summed E-state index contributed by atoms with van der Waals surface area (Å²) in [6, 6.07) is 7.64. The molecule has 0 radical (unpaired) electrons. The van der Waals surface area contributed by atoms with Gasteiger partial charge in [-0.1, -0.05) is 29.3 Å². The first-order chi connectivity index (χ1) is 8.52. The fraction of sp³-hybridized carbons (Fsp3) is 0.500. The minimum absolute atomic E-state index is 0.0705. The van der Waals surface area contributed by atoms with Crippen LogP contribution < -0.4 is 10.1 Å². The zero-order valence-electron chi connectivity index (χ0n) is 11.1. The van der Waals surface area contributed by atoms with Crippen LogP contribution >= 0.6 is 15.9 Å². The van der Waals surface area contributed by atoms with Crippen LogP contribution in [0.25, 0.3) is 0 Å². The normalized spacial score (nSPS) is 13.8. The van der Waals surface area contributed by atoms with Crippen LogP contribution in [0.2, 0.25) is 0 Å². The zero-order chi connectivity index (χ0) is 13.5. The standard InChI is InChI=1S/C14H20BrNO2/c1-4-5-10(2)16-14(17)11(3)18-13-8-6-12(15)7-9-13/h6-11H,4-5H2,1-3H3,(H,16,17)/t10-,11-/m1/s1. The number of hydrogen-bond donors (Lipinski definition) is 1. The van der Waals surface area contributed by atoms with Crippen molar-refractivity contribution in [2.24, 2.45) is 0 Å². The molecule has 0 aliphatic rings. The Balaban J connectivity index is 2.46. The monoisotopic (exact) mass is 313 g/mol. The van der Waals surface area contributed by atoms with Gasteiger partial charge in [-0.05, 0) is 44.5 Å². The van der Waals surface area contributed by atoms with Crippen LogP contribution in [-0.2, 0) is 4.79 Å². The summed E-state index contributed by atoms with van der Waals surface area (Å²) >= 11 is 3.36. The van der Waals surface area contributed by atoms with Crippen molar-refractivity contribution in [3.8, 4) is 5.75 Å². The van der Waals surface area contributed by atoms with Gasteiger partial charge in [-0.2, -0.15) is 0 Å². The van der Waals surface area contributed by atoms with E-state index in [1.165, 1.54) is 0 Å². The molecular weight excluding hydrogens is 294 g/mol. The lowest BCUT2D eigenvalue weighted by Crippen LogP contribution is -2.41. The molecule has 0 unspecified atom stereocenters. The molecule has 0 spiro atoms. The largest absolute Gasteiger partial charge is 0.481 e. The lowest BCUT2D eigenvalue weighted by atomic mass is 10.2. The molecule has 18 heavy (non-hydrogen) atoms. The van der Waals surface area contributed by atoms with Crippen LogP contribution in [0.1, 0.15) is 33.6 Å². The summed E-state index contributed by atoms with van der Waals surface area (Å²) in [5.41, 5.74) is 0. The first-order valence-electron chi connectivity index (χ1n) is 6.25. The summed E-state index contributed by atoms with van der Waals surface area (Å²) in [4.78, 5) is 11.9. The lowest BCUT2D eigenvalue weighted by molar-refractivity contribution is -0.127. The molecule has 1 aromatic carbocycles. The number of ether oxygens (including phenoxy) is 1. The van der Waals surface area contributed by atoms with Crippen LogP contribution in [0, 0.1) is 0 Å². The molecule has 0 saturated heterocycles. The second-order valence-corrected chi connectivity index (χ2v) is 5.33. The third-order valence-electron chi connectivity index (χ3n) is 2.61. The SMILES string of the molecule is CCC[C@@H](C)NC(=O)[C@@H](C)Oc1ccc(Br)cc1. The van der Waals surface area contributed by atoms with E-state index in [0.717, 1.165) is 17.3 Å². The number of hydrogen-bond acceptors (Lipinski definition) is 2. The van der Waals surface area contributed by atoms with Gasteiger partial charge in [-0.25, -0.2) is 0 Å². The molecule has 1 amide bonds. The number of carbonyl (C=O) groups is 1. The number of rotatable bonds is 6. The maximum Gasteiger partial charge on any atom is 0.260 e. The van der Waals surface area contributed by atoms with Crippen LogP contribution in [0.3, 0.4) is 0 Å². The summed E-state index contributed by atoms with van der Waals surface area (Å²) in [6.45, 7) is 5.87. The second kappa shape index (κ2) is 7.41. The Hall–Kier alpha value is -1.03. The van der Waals surface area contributed by atoms with E-state index in [0.29, 0.717) is 5.75 Å². The smallest absolute Gasteiger partial charge is 0.260 e. The molecule has 1 rings (SSSR count). The van der Waals surface area contributed by atoms with Crippen molar-refractivity contribution in [3.05, 3.63) is 28.7 Å². The van der Waals surface area contributed by atoms with Crippen molar-refractivity contribution in [2.45, 2.75) is 45.8 Å². The summed E-state index contributed by atoms with van der Waals surface area (Å²) in [5, 5.41) is 2.94. The molecule has 0 aliphatic carbocycles. The van der Waals surface area contributed by atoms with Crippen molar-refractivity contribution in [3.63, 3.8) is 0 Å². The summed E-state index contributed by atoms with van der Waals surface area (Å²) in [5.74, 6) is 0.628. The molecule has 0 aromatic heterocycles. The van der Waals surface area contributed by atoms with Crippen molar-refractivity contribution in [2.75, 3.05) is 0 Å². The summed E-state index contributed by atoms with van der Waals surface area (Å²) < 4.78 is 6.57. The first kappa shape index (κ1) is 15.0. The highest BCUT2D eigenvalue weighted by Crippen LogP contribution is 2.17. The number of nitrogens with one attached hydrogen (secondary N) is 1. The van der Waals surface area contributed by atoms with Crippen molar-refractivity contribution in [1.29, 1.82) is 0 Å². The molecule has 4 heteroatoms. The molecule has 2 atom stereocenters. The molecular formula is C14H20BrNO2. The Bertz CT molecular complexity index is 378. The molecule has 0 bridgehead atoms. The van der Waals surface area contributed by atoms with Gasteiger partial charge < -0.3 is 10.1 Å². The van der Waals surface area contributed by atoms with Crippen molar-refractivity contribution >= 4 is 21.8 Å². The van der Waals surface area contributed by atoms with E-state index in [9.17, 15) is 4.79 Å². The van der Waals surface area contributed by atoms with E-state index in [-0.39, 0.29) is 11.9 Å². The minimum Gasteiger partial charge on any atom is -0.481 e. The minimum atomic E-state index is -0.481. The van der Waals surface area contributed by atoms with E-state index in [1.807, 2.05) is 31.2 Å². The van der Waals surface area contributed by atoms with Gasteiger partial charge in [-0.15, -0.1) is 0 Å². The van der Waals surface area contributed by atoms with Gasteiger partial charge in [0.25, 0.3) is 5.91 Å². The first-order valence-corrected chi connectivity index (χ1v) is 7.04. The average molecular weight is 314 g/mol. The molecule has 1 N–H and O–H groups in total. The molecule has 0 aliphatic heterocycles. The molecule has 0 fully saturated rings. The summed E-state index contributed by atoms with van der Waals surface area (Å²) in [6.07, 6.45) is 1.56. The lowest BCUT2D eigenvalue weighted by Gasteiger charge is -2.18. The van der Waals surface area contributed by atoms with E-state index in [2.05, 4.69) is 28.2 Å². The predicted molar refractivity (Wildman–Crippen MR) is 76.7 cm³/mol. The Morgan fingerprint density at radius 3 is 2.50 bits per heavy atom. The van der Waals surface area contributed by atoms with Crippen LogP contribution in [0.4, 0.5) is 0 Å². The van der Waals surface area contributed by atoms with Gasteiger partial charge in [-0.3, -0.25) is 4.79 Å². The van der Waals surface area contributed by atoms with E-state index in [1.54, 1.807) is 6.92 Å². The third kappa shape index (κ3) is 5.08. The fourth-order valence-corrected chi connectivity index (χ4v) is 1.90. The topological polar surface area (TPSA) is 38.3 Å². The molecule has 100 valence electrons. The Kier molecular flexibility index (Phi) is 6.19. The van der Waals surface area contributed by atoms with Crippen LogP contribution in [0.15, 0.2) is 28.7 Å². The highest BCUT2D eigenvalue weighted by atomic mass is 79.9. The van der Waals surface area contributed by atoms with Crippen molar-refractivity contribution in [1.82, 2.24) is 5.32 Å². The van der Waals surface area contributed by atoms with Gasteiger partial charge >= 0.3 is 0 Å². The van der Waals surface area contributed by atoms with Crippen LogP contribution in [0.5, 0.6) is 5.75 Å². The highest BCUT2D eigenvalue weighted by Gasteiger charge is 2.16. The van der Waals surface area contributed by atoms with E-state index in [4.69, 9.17) is 4.74 Å². The fourth-order valence-electron chi connectivity index (χ4n) is 1.64. The number of benzene rings is 1. The van der Waals surface area contributed by atoms with E-state index >= 15 is 0 Å². The van der Waals surface area contributed by atoms with Gasteiger partial charge in [0.15, 0.2) is 6.10 Å². The third-order valence-corrected chi connectivity index (χ3v) is 3.13. The Morgan fingerprint density at radius 2 is 1.94 bits per heavy atom. The van der Waals surface area contributed by atoms with E-state index < -0.39 is 6.10 Å². The average Bonchev–Trinajstić information content (AvgIpc) is 2.32. The highest BCUT2D eigenvalue weighted by molar-refractivity contribution is 9.10. The van der Waals surface area contributed by atoms with Gasteiger partial charge in [0, 0.05) is 10.5 Å².